The molecular weight excluding hydrogens is 198 g/mol. The zero-order valence-electron chi connectivity index (χ0n) is 10.2. The van der Waals surface area contributed by atoms with Gasteiger partial charge < -0.3 is 5.11 Å². The van der Waals surface area contributed by atoms with Crippen LogP contribution in [0.4, 0.5) is 0 Å². The first kappa shape index (κ1) is 12.7. The van der Waals surface area contributed by atoms with Crippen molar-refractivity contribution in [2.24, 2.45) is 5.41 Å². The Morgan fingerprint density at radius 3 is 2.50 bits per heavy atom. The fraction of sp³-hybridized carbons (Fsp3) is 0.500. The summed E-state index contributed by atoms with van der Waals surface area (Å²) in [4.78, 5) is 0. The molecular formula is C14H19NO. The Balaban J connectivity index is 3.14. The summed E-state index contributed by atoms with van der Waals surface area (Å²) in [6.07, 6.45) is 0.805. The van der Waals surface area contributed by atoms with Crippen LogP contribution in [-0.2, 0) is 6.42 Å². The molecule has 0 saturated carbocycles. The third-order valence-corrected chi connectivity index (χ3v) is 3.32. The van der Waals surface area contributed by atoms with Crippen molar-refractivity contribution in [1.82, 2.24) is 0 Å². The largest absolute Gasteiger partial charge is 0.387 e. The van der Waals surface area contributed by atoms with Crippen molar-refractivity contribution in [2.45, 2.75) is 39.7 Å². The maximum atomic E-state index is 10.3. The Morgan fingerprint density at radius 2 is 2.00 bits per heavy atom. The van der Waals surface area contributed by atoms with Crippen molar-refractivity contribution < 1.29 is 5.11 Å². The van der Waals surface area contributed by atoms with Crippen LogP contribution >= 0.6 is 0 Å². The molecule has 0 aliphatic heterocycles. The number of benzene rings is 1. The summed E-state index contributed by atoms with van der Waals surface area (Å²) in [7, 11) is 0. The van der Waals surface area contributed by atoms with E-state index >= 15 is 0 Å². The quantitative estimate of drug-likeness (QED) is 0.841. The van der Waals surface area contributed by atoms with Crippen LogP contribution in [0.15, 0.2) is 24.3 Å². The van der Waals surface area contributed by atoms with E-state index in [1.165, 1.54) is 0 Å². The van der Waals surface area contributed by atoms with Crippen LogP contribution in [0.1, 0.15) is 44.4 Å². The summed E-state index contributed by atoms with van der Waals surface area (Å²) < 4.78 is 0. The molecule has 0 radical (unpaired) electrons. The molecule has 0 heterocycles. The van der Waals surface area contributed by atoms with E-state index in [9.17, 15) is 10.4 Å². The second-order valence-corrected chi connectivity index (χ2v) is 4.34. The summed E-state index contributed by atoms with van der Waals surface area (Å²) in [6.45, 7) is 5.80. The van der Waals surface area contributed by atoms with Gasteiger partial charge in [-0.05, 0) is 30.9 Å². The van der Waals surface area contributed by atoms with Gasteiger partial charge in [0.1, 0.15) is 0 Å². The Hall–Kier alpha value is -1.33. The number of rotatable bonds is 4. The molecule has 1 N–H and O–H groups in total. The molecule has 1 aromatic rings. The monoisotopic (exact) mass is 217 g/mol. The van der Waals surface area contributed by atoms with E-state index in [2.05, 4.69) is 13.0 Å². The molecule has 0 aliphatic carbocycles. The highest BCUT2D eigenvalue weighted by atomic mass is 16.3. The average molecular weight is 217 g/mol. The van der Waals surface area contributed by atoms with E-state index in [0.717, 1.165) is 17.5 Å². The number of nitriles is 1. The van der Waals surface area contributed by atoms with Gasteiger partial charge >= 0.3 is 0 Å². The van der Waals surface area contributed by atoms with E-state index in [1.54, 1.807) is 0 Å². The molecule has 1 rings (SSSR count). The van der Waals surface area contributed by atoms with Gasteiger partial charge in [0.25, 0.3) is 0 Å². The second kappa shape index (κ2) is 5.14. The van der Waals surface area contributed by atoms with Gasteiger partial charge in [-0.3, -0.25) is 0 Å². The molecule has 2 atom stereocenters. The molecule has 86 valence electrons. The lowest BCUT2D eigenvalue weighted by Gasteiger charge is -2.28. The number of hydrogen-bond acceptors (Lipinski definition) is 2. The summed E-state index contributed by atoms with van der Waals surface area (Å²) in [5.74, 6) is 0. The van der Waals surface area contributed by atoms with Gasteiger partial charge in [-0.2, -0.15) is 5.26 Å². The predicted octanol–water partition coefficient (Wildman–Crippen LogP) is 3.22. The molecule has 2 nitrogen and oxygen atoms in total. The molecule has 0 spiro atoms. The van der Waals surface area contributed by atoms with Crippen LogP contribution in [0.2, 0.25) is 0 Å². The molecule has 0 amide bonds. The van der Waals surface area contributed by atoms with Crippen LogP contribution in [0.5, 0.6) is 0 Å². The first-order chi connectivity index (χ1) is 7.59. The molecule has 0 fully saturated rings. The van der Waals surface area contributed by atoms with Crippen molar-refractivity contribution in [3.05, 3.63) is 35.4 Å². The molecule has 0 bridgehead atoms. The Kier molecular flexibility index (Phi) is 4.09. The van der Waals surface area contributed by atoms with Gasteiger partial charge in [-0.15, -0.1) is 0 Å². The highest BCUT2D eigenvalue weighted by Gasteiger charge is 2.33. The summed E-state index contributed by atoms with van der Waals surface area (Å²) in [6, 6.07) is 10.0. The van der Waals surface area contributed by atoms with Gasteiger partial charge in [-0.25, -0.2) is 0 Å². The predicted molar refractivity (Wildman–Crippen MR) is 64.8 cm³/mol. The Labute approximate surface area is 97.5 Å². The fourth-order valence-electron chi connectivity index (χ4n) is 1.80. The molecule has 0 aliphatic rings. The Bertz CT molecular complexity index is 394. The molecule has 2 unspecified atom stereocenters. The normalized spacial score (nSPS) is 16.2. The molecule has 1 aromatic carbocycles. The van der Waals surface area contributed by atoms with Crippen molar-refractivity contribution in [3.63, 3.8) is 0 Å². The van der Waals surface area contributed by atoms with Crippen LogP contribution in [0.25, 0.3) is 0 Å². The minimum Gasteiger partial charge on any atom is -0.387 e. The number of aryl methyl sites for hydroxylation is 1. The van der Waals surface area contributed by atoms with Gasteiger partial charge in [-0.1, -0.05) is 38.1 Å². The topological polar surface area (TPSA) is 44.0 Å². The Morgan fingerprint density at radius 1 is 1.38 bits per heavy atom. The third kappa shape index (κ3) is 2.25. The van der Waals surface area contributed by atoms with Crippen LogP contribution in [0.3, 0.4) is 0 Å². The minimum atomic E-state index is -0.710. The van der Waals surface area contributed by atoms with Crippen molar-refractivity contribution in [3.8, 4) is 6.07 Å². The highest BCUT2D eigenvalue weighted by molar-refractivity contribution is 5.31. The zero-order valence-corrected chi connectivity index (χ0v) is 10.2. The van der Waals surface area contributed by atoms with Crippen molar-refractivity contribution in [1.29, 1.82) is 5.26 Å². The summed E-state index contributed by atoms with van der Waals surface area (Å²) >= 11 is 0. The number of nitrogens with zero attached hydrogens (tertiary/aromatic N) is 1. The SMILES string of the molecule is CCc1ccccc1C(O)C(C)(C#N)CC. The van der Waals surface area contributed by atoms with E-state index in [0.29, 0.717) is 6.42 Å². The lowest BCUT2D eigenvalue weighted by molar-refractivity contribution is 0.0715. The maximum Gasteiger partial charge on any atom is 0.0976 e. The van der Waals surface area contributed by atoms with Crippen molar-refractivity contribution >= 4 is 0 Å². The number of aliphatic hydroxyl groups excluding tert-OH is 1. The van der Waals surface area contributed by atoms with Gasteiger partial charge in [0.2, 0.25) is 0 Å². The van der Waals surface area contributed by atoms with Gasteiger partial charge in [0.05, 0.1) is 17.6 Å². The molecule has 0 aromatic heterocycles. The lowest BCUT2D eigenvalue weighted by atomic mass is 9.78. The van der Waals surface area contributed by atoms with Gasteiger partial charge in [0.15, 0.2) is 0 Å². The smallest absolute Gasteiger partial charge is 0.0976 e. The first-order valence-corrected chi connectivity index (χ1v) is 5.76. The first-order valence-electron chi connectivity index (χ1n) is 5.76. The van der Waals surface area contributed by atoms with Crippen LogP contribution < -0.4 is 0 Å². The molecule has 2 heteroatoms. The lowest BCUT2D eigenvalue weighted by Crippen LogP contribution is -2.23. The fourth-order valence-corrected chi connectivity index (χ4v) is 1.80. The number of hydrogen-bond donors (Lipinski definition) is 1. The summed E-state index contributed by atoms with van der Waals surface area (Å²) in [5, 5.41) is 19.5. The van der Waals surface area contributed by atoms with Gasteiger partial charge in [0, 0.05) is 0 Å². The molecule has 0 saturated heterocycles. The third-order valence-electron chi connectivity index (χ3n) is 3.32. The highest BCUT2D eigenvalue weighted by Crippen LogP contribution is 2.37. The van der Waals surface area contributed by atoms with E-state index in [4.69, 9.17) is 0 Å². The second-order valence-electron chi connectivity index (χ2n) is 4.34. The minimum absolute atomic E-state index is 0.642. The van der Waals surface area contributed by atoms with Crippen molar-refractivity contribution in [2.75, 3.05) is 0 Å². The van der Waals surface area contributed by atoms with E-state index in [-0.39, 0.29) is 0 Å². The van der Waals surface area contributed by atoms with E-state index < -0.39 is 11.5 Å². The number of aliphatic hydroxyl groups is 1. The van der Waals surface area contributed by atoms with E-state index in [1.807, 2.05) is 38.1 Å². The average Bonchev–Trinajstić information content (AvgIpc) is 2.36. The standard InChI is InChI=1S/C14H19NO/c1-4-11-8-6-7-9-12(11)13(16)14(3,5-2)10-15/h6-9,13,16H,4-5H2,1-3H3. The van der Waals surface area contributed by atoms with Crippen LogP contribution in [-0.4, -0.2) is 5.11 Å². The molecule has 16 heavy (non-hydrogen) atoms. The maximum absolute atomic E-state index is 10.3. The zero-order chi connectivity index (χ0) is 12.2. The summed E-state index contributed by atoms with van der Waals surface area (Å²) in [5.41, 5.74) is 1.30. The van der Waals surface area contributed by atoms with Crippen LogP contribution in [0, 0.1) is 16.7 Å².